The number of ether oxygens (including phenoxy) is 1. The number of aromatic amines is 1. The Balaban J connectivity index is 1.57. The fourth-order valence-electron chi connectivity index (χ4n) is 5.14. The van der Waals surface area contributed by atoms with Crippen molar-refractivity contribution in [3.05, 3.63) is 98.3 Å². The minimum Gasteiger partial charge on any atom is -0.404 e. The van der Waals surface area contributed by atoms with E-state index in [0.29, 0.717) is 11.1 Å². The Morgan fingerprint density at radius 1 is 0.942 bits per heavy atom. The van der Waals surface area contributed by atoms with Crippen molar-refractivity contribution >= 4 is 25.6 Å². The largest absolute Gasteiger partial charge is 0.524 e. The number of benzene rings is 2. The van der Waals surface area contributed by atoms with Crippen molar-refractivity contribution in [1.29, 1.82) is 0 Å². The number of aromatic nitrogens is 2. The Hall–Kier alpha value is -4.76. The molecule has 1 aromatic heterocycles. The summed E-state index contributed by atoms with van der Waals surface area (Å²) >= 11 is 0. The number of rotatable bonds is 15. The maximum Gasteiger partial charge on any atom is 0.524 e. The molecule has 0 aliphatic carbocycles. The summed E-state index contributed by atoms with van der Waals surface area (Å²) in [5.74, 6) is -3.09. The normalized spacial score (nSPS) is 21.4. The molecular formula is C31H38N5O15P. The number of nitrogens with zero attached hydrogens (tertiary/aromatic N) is 1. The molecule has 1 aliphatic heterocycles. The van der Waals surface area contributed by atoms with Gasteiger partial charge in [0.25, 0.3) is 5.56 Å². The lowest BCUT2D eigenvalue weighted by molar-refractivity contribution is -0.268. The zero-order valence-corrected chi connectivity index (χ0v) is 28.3. The molecule has 10 N–H and O–H groups in total. The van der Waals surface area contributed by atoms with Crippen LogP contribution in [-0.4, -0.2) is 107 Å². The van der Waals surface area contributed by atoms with Gasteiger partial charge in [0.15, 0.2) is 6.29 Å². The number of carbonyl (C=O) groups excluding carboxylic acids is 3. The van der Waals surface area contributed by atoms with Crippen molar-refractivity contribution in [2.45, 2.75) is 69.0 Å². The predicted molar refractivity (Wildman–Crippen MR) is 176 cm³/mol. The number of hydroxylamine groups is 1. The Morgan fingerprint density at radius 3 is 2.21 bits per heavy atom. The van der Waals surface area contributed by atoms with Gasteiger partial charge < -0.3 is 45.2 Å². The molecule has 0 radical (unpaired) electrons. The van der Waals surface area contributed by atoms with Crippen molar-refractivity contribution in [2.24, 2.45) is 0 Å². The number of amides is 2. The van der Waals surface area contributed by atoms with E-state index in [1.165, 1.54) is 37.4 Å². The van der Waals surface area contributed by atoms with Gasteiger partial charge in [-0.25, -0.2) is 14.2 Å². The molecule has 3 aromatic rings. The maximum atomic E-state index is 13.8. The highest BCUT2D eigenvalue weighted by atomic mass is 31.2. The van der Waals surface area contributed by atoms with E-state index in [0.717, 1.165) is 4.57 Å². The van der Waals surface area contributed by atoms with Crippen LogP contribution in [0.5, 0.6) is 5.75 Å². The summed E-state index contributed by atoms with van der Waals surface area (Å²) in [5, 5.41) is 45.2. The first-order valence-corrected chi connectivity index (χ1v) is 17.1. The summed E-state index contributed by atoms with van der Waals surface area (Å²) in [7, 11) is -4.88. The predicted octanol–water partition coefficient (Wildman–Crippen LogP) is -3.38. The summed E-state index contributed by atoms with van der Waals surface area (Å²) in [6.45, 7) is 0.113. The zero-order valence-electron chi connectivity index (χ0n) is 27.4. The van der Waals surface area contributed by atoms with E-state index in [1.54, 1.807) is 30.3 Å². The SMILES string of the molecule is Cc1cn(CC(=O)N[C@@H](Cc2ccccc2)C(=O)N[C@@H](Cc2ccc(OP(=O)(O)O)cc2)C(=O)ON[C@@H]2[C@@H](O)[C@H](O)[C@@H](CO)O[C@H]2O)c(=O)[nH]c1=O. The lowest BCUT2D eigenvalue weighted by atomic mass is 9.98. The second-order valence-corrected chi connectivity index (χ2v) is 13.0. The maximum absolute atomic E-state index is 13.8. The first kappa shape index (κ1) is 40.0. The van der Waals surface area contributed by atoms with E-state index in [9.17, 15) is 49.0 Å². The Bertz CT molecular complexity index is 1870. The number of nitrogens with one attached hydrogen (secondary N) is 4. The molecule has 1 saturated heterocycles. The number of aliphatic hydroxyl groups excluding tert-OH is 4. The summed E-state index contributed by atoms with van der Waals surface area (Å²) in [6.07, 6.45) is -5.90. The van der Waals surface area contributed by atoms with Crippen LogP contribution in [-0.2, 0) is 47.9 Å². The van der Waals surface area contributed by atoms with Crippen LogP contribution in [0.4, 0.5) is 0 Å². The van der Waals surface area contributed by atoms with Crippen LogP contribution in [0.2, 0.25) is 0 Å². The standard InChI is InChI=1S/C31H38N5O15P/c1-16-13-36(31(45)34-27(16)41)14-23(38)32-20(11-17-5-3-2-4-6-17)28(42)33-21(12-18-7-9-19(10-8-18)51-52(46,47)48)29(43)50-35-24-26(40)25(39)22(15-37)49-30(24)44/h2-10,13,20-22,24-26,30,35,37,39-40,44H,11-12,14-15H2,1H3,(H,32,38)(H,33,42)(H,34,41,45)(H2,46,47,48)/t20-,21-,22+,24+,25+,26+,30+/m0/s1. The molecule has 2 heterocycles. The van der Waals surface area contributed by atoms with Crippen molar-refractivity contribution in [2.75, 3.05) is 6.61 Å². The van der Waals surface area contributed by atoms with Crippen molar-refractivity contribution in [3.63, 3.8) is 0 Å². The first-order valence-electron chi connectivity index (χ1n) is 15.6. The zero-order chi connectivity index (χ0) is 38.2. The van der Waals surface area contributed by atoms with Gasteiger partial charge in [-0.3, -0.25) is 33.7 Å². The second-order valence-electron chi connectivity index (χ2n) is 11.8. The molecule has 0 saturated carbocycles. The summed E-state index contributed by atoms with van der Waals surface area (Å²) in [6, 6.07) is 9.02. The van der Waals surface area contributed by atoms with E-state index in [2.05, 4.69) is 25.6 Å². The number of H-pyrrole nitrogens is 1. The summed E-state index contributed by atoms with van der Waals surface area (Å²) < 4.78 is 21.7. The van der Waals surface area contributed by atoms with Crippen LogP contribution in [0.25, 0.3) is 0 Å². The minimum absolute atomic E-state index is 0.0892. The summed E-state index contributed by atoms with van der Waals surface area (Å²) in [4.78, 5) is 89.7. The molecule has 0 spiro atoms. The number of phosphoric ester groups is 1. The van der Waals surface area contributed by atoms with Gasteiger partial charge in [-0.2, -0.15) is 0 Å². The average Bonchev–Trinajstić information content (AvgIpc) is 3.08. The van der Waals surface area contributed by atoms with E-state index in [1.807, 2.05) is 0 Å². The Kier molecular flexibility index (Phi) is 13.6. The van der Waals surface area contributed by atoms with Crippen LogP contribution in [0, 0.1) is 6.92 Å². The highest BCUT2D eigenvalue weighted by Gasteiger charge is 2.44. The molecule has 7 atom stereocenters. The van der Waals surface area contributed by atoms with Crippen LogP contribution in [0.3, 0.4) is 0 Å². The Morgan fingerprint density at radius 2 is 1.58 bits per heavy atom. The Labute approximate surface area is 294 Å². The minimum atomic E-state index is -4.88. The number of aryl methyl sites for hydroxylation is 1. The van der Waals surface area contributed by atoms with Gasteiger partial charge in [0.2, 0.25) is 11.8 Å². The molecule has 1 fully saturated rings. The quantitative estimate of drug-likeness (QED) is 0.0535. The van der Waals surface area contributed by atoms with E-state index in [-0.39, 0.29) is 24.2 Å². The van der Waals surface area contributed by atoms with E-state index in [4.69, 9.17) is 19.4 Å². The van der Waals surface area contributed by atoms with Gasteiger partial charge >= 0.3 is 19.5 Å². The molecule has 4 rings (SSSR count). The van der Waals surface area contributed by atoms with Crippen molar-refractivity contribution in [3.8, 4) is 5.75 Å². The molecule has 2 aromatic carbocycles. The van der Waals surface area contributed by atoms with Gasteiger partial charge in [0.1, 0.15) is 48.7 Å². The molecule has 1 aliphatic rings. The van der Waals surface area contributed by atoms with Gasteiger partial charge in [-0.15, -0.1) is 5.48 Å². The number of hydrogen-bond donors (Lipinski definition) is 10. The van der Waals surface area contributed by atoms with Gasteiger partial charge in [0.05, 0.1) is 6.61 Å². The molecular weight excluding hydrogens is 713 g/mol. The average molecular weight is 752 g/mol. The number of phosphoric acid groups is 1. The summed E-state index contributed by atoms with van der Waals surface area (Å²) in [5.41, 5.74) is 1.69. The van der Waals surface area contributed by atoms with Gasteiger partial charge in [-0.1, -0.05) is 42.5 Å². The van der Waals surface area contributed by atoms with E-state index < -0.39 is 92.7 Å². The molecule has 20 nitrogen and oxygen atoms in total. The topological polar surface area (TPSA) is 308 Å². The van der Waals surface area contributed by atoms with Crippen molar-refractivity contribution in [1.82, 2.24) is 25.7 Å². The molecule has 52 heavy (non-hydrogen) atoms. The van der Waals surface area contributed by atoms with Crippen LogP contribution < -0.4 is 31.9 Å². The van der Waals surface area contributed by atoms with Gasteiger partial charge in [-0.05, 0) is 30.2 Å². The first-order chi connectivity index (χ1) is 24.5. The van der Waals surface area contributed by atoms with Crippen LogP contribution >= 0.6 is 7.82 Å². The van der Waals surface area contributed by atoms with Crippen LogP contribution in [0.15, 0.2) is 70.4 Å². The molecule has 282 valence electrons. The monoisotopic (exact) mass is 751 g/mol. The van der Waals surface area contributed by atoms with E-state index >= 15 is 0 Å². The number of aliphatic hydroxyl groups is 4. The smallest absolute Gasteiger partial charge is 0.404 e. The molecule has 0 bridgehead atoms. The van der Waals surface area contributed by atoms with Crippen molar-refractivity contribution < 1.29 is 63.3 Å². The fraction of sp³-hybridized carbons (Fsp3) is 0.387. The third-order valence-electron chi connectivity index (χ3n) is 7.82. The molecule has 2 amide bonds. The highest BCUT2D eigenvalue weighted by molar-refractivity contribution is 7.46. The number of hydrogen-bond acceptors (Lipinski definition) is 14. The molecule has 0 unspecified atom stereocenters. The van der Waals surface area contributed by atoms with Crippen LogP contribution in [0.1, 0.15) is 16.7 Å². The third kappa shape index (κ3) is 11.1. The lowest BCUT2D eigenvalue weighted by Gasteiger charge is -2.39. The number of carbonyl (C=O) groups is 3. The van der Waals surface area contributed by atoms with Gasteiger partial charge in [0, 0.05) is 24.6 Å². The lowest BCUT2D eigenvalue weighted by Crippen LogP contribution is -2.64. The fourth-order valence-corrected chi connectivity index (χ4v) is 5.53. The molecule has 21 heteroatoms. The highest BCUT2D eigenvalue weighted by Crippen LogP contribution is 2.37. The second kappa shape index (κ2) is 17.6. The third-order valence-corrected chi connectivity index (χ3v) is 8.27.